The maximum atomic E-state index is 12.8. The van der Waals surface area contributed by atoms with E-state index in [1.165, 1.54) is 0 Å². The van der Waals surface area contributed by atoms with Gasteiger partial charge in [-0.25, -0.2) is 12.6 Å². The molecule has 0 radical (unpaired) electrons. The van der Waals surface area contributed by atoms with Crippen LogP contribution < -0.4 is 14.8 Å². The molecule has 0 saturated carbocycles. The number of carbonyl (C=O) groups is 1. The van der Waals surface area contributed by atoms with Crippen LogP contribution in [0.4, 0.5) is 17.1 Å². The third kappa shape index (κ3) is 8.40. The second kappa shape index (κ2) is 12.8. The molecule has 0 unspecified atom stereocenters. The molecular formula is C22H23N3O16S4. The van der Waals surface area contributed by atoms with Crippen molar-refractivity contribution in [1.82, 2.24) is 0 Å². The summed E-state index contributed by atoms with van der Waals surface area (Å²) in [6.07, 6.45) is 0. The van der Waals surface area contributed by atoms with Crippen molar-refractivity contribution in [2.24, 2.45) is 10.2 Å². The van der Waals surface area contributed by atoms with E-state index >= 15 is 0 Å². The van der Waals surface area contributed by atoms with Crippen LogP contribution in [0.5, 0.6) is 17.2 Å². The fourth-order valence-electron chi connectivity index (χ4n) is 3.83. The molecule has 19 nitrogen and oxygen atoms in total. The minimum Gasteiger partial charge on any atom is -0.505 e. The predicted molar refractivity (Wildman–Crippen MR) is 153 cm³/mol. The highest BCUT2D eigenvalue weighted by Crippen LogP contribution is 2.46. The maximum absolute atomic E-state index is 12.8. The van der Waals surface area contributed by atoms with Gasteiger partial charge in [-0.2, -0.15) is 25.3 Å². The number of hydrogen-bond acceptors (Lipinski definition) is 15. The number of sulfone groups is 1. The van der Waals surface area contributed by atoms with Gasteiger partial charge in [-0.15, -0.1) is 10.2 Å². The summed E-state index contributed by atoms with van der Waals surface area (Å²) in [6.45, 7) is 0.0706. The minimum absolute atomic E-state index is 0.320. The average Bonchev–Trinajstić information content (AvgIpc) is 2.89. The highest BCUT2D eigenvalue weighted by atomic mass is 32.3. The number of rotatable bonds is 12. The Bertz CT molecular complexity index is 2160. The zero-order valence-corrected chi connectivity index (χ0v) is 26.3. The Morgan fingerprint density at radius 2 is 1.44 bits per heavy atom. The minimum atomic E-state index is -5.23. The van der Waals surface area contributed by atoms with E-state index in [1.54, 1.807) is 0 Å². The van der Waals surface area contributed by atoms with Crippen molar-refractivity contribution in [2.45, 2.75) is 21.6 Å². The number of phenols is 1. The van der Waals surface area contributed by atoms with Gasteiger partial charge < -0.3 is 19.9 Å². The molecule has 0 aliphatic heterocycles. The Hall–Kier alpha value is -3.97. The first-order chi connectivity index (χ1) is 20.6. The van der Waals surface area contributed by atoms with E-state index in [2.05, 4.69) is 19.7 Å². The van der Waals surface area contributed by atoms with Gasteiger partial charge in [0.25, 0.3) is 20.2 Å². The molecule has 45 heavy (non-hydrogen) atoms. The molecule has 0 aliphatic carbocycles. The van der Waals surface area contributed by atoms with Gasteiger partial charge in [-0.1, -0.05) is 0 Å². The van der Waals surface area contributed by atoms with Crippen molar-refractivity contribution in [3.8, 4) is 17.2 Å². The number of hydrogen-bond donors (Lipinski definition) is 5. The summed E-state index contributed by atoms with van der Waals surface area (Å²) in [6, 6.07) is 4.05. The highest BCUT2D eigenvalue weighted by Gasteiger charge is 2.27. The highest BCUT2D eigenvalue weighted by molar-refractivity contribution is 7.91. The number of nitrogens with zero attached hydrogens (tertiary/aromatic N) is 2. The number of carbonyl (C=O) groups excluding carboxylic acids is 1. The molecular weight excluding hydrogens is 691 g/mol. The number of methoxy groups -OCH3 is 2. The molecule has 0 aliphatic rings. The second-order valence-electron chi connectivity index (χ2n) is 8.72. The monoisotopic (exact) mass is 713 g/mol. The van der Waals surface area contributed by atoms with E-state index in [4.69, 9.17) is 14.0 Å². The Morgan fingerprint density at radius 1 is 0.822 bits per heavy atom. The number of fused-ring (bicyclic) bond motifs is 1. The number of amides is 1. The zero-order chi connectivity index (χ0) is 34.1. The van der Waals surface area contributed by atoms with Crippen LogP contribution in [0.15, 0.2) is 55.2 Å². The van der Waals surface area contributed by atoms with Crippen molar-refractivity contribution in [1.29, 1.82) is 0 Å². The van der Waals surface area contributed by atoms with Gasteiger partial charge in [0.15, 0.2) is 15.6 Å². The van der Waals surface area contributed by atoms with E-state index in [1.807, 2.05) is 0 Å². The number of anilines is 1. The lowest BCUT2D eigenvalue weighted by Crippen LogP contribution is -2.16. The van der Waals surface area contributed by atoms with E-state index in [-0.39, 0.29) is 28.0 Å². The second-order valence-corrected chi connectivity index (χ2v) is 14.7. The van der Waals surface area contributed by atoms with E-state index in [0.29, 0.717) is 6.07 Å². The van der Waals surface area contributed by atoms with E-state index < -0.39 is 90.6 Å². The standard InChI is InChI=1S/C22H23N3O16S4/c1-11(26)23-15-8-13(43(30,31)32)6-12-7-19(44(33,34)35)21(22(27)20(12)15)25-24-14-9-17(40-3)18(10-16(14)39-2)42(28,29)5-4-41-45(36,37)38/h6-10,27H,4-5H2,1-3H3,(H,23,26)(H,30,31,32)(H,33,34,35)(H,36,37,38). The lowest BCUT2D eigenvalue weighted by molar-refractivity contribution is -0.114. The van der Waals surface area contributed by atoms with Crippen LogP contribution in [0.2, 0.25) is 0 Å². The molecule has 0 bridgehead atoms. The van der Waals surface area contributed by atoms with Crippen LogP contribution in [0, 0.1) is 0 Å². The lowest BCUT2D eigenvalue weighted by Gasteiger charge is -2.15. The summed E-state index contributed by atoms with van der Waals surface area (Å²) < 4.78 is 138. The van der Waals surface area contributed by atoms with Crippen LogP contribution in [-0.4, -0.2) is 84.9 Å². The van der Waals surface area contributed by atoms with Crippen LogP contribution in [0.25, 0.3) is 10.8 Å². The molecule has 1 amide bonds. The zero-order valence-electron chi connectivity index (χ0n) is 23.0. The van der Waals surface area contributed by atoms with Crippen molar-refractivity contribution >= 4 is 74.2 Å². The van der Waals surface area contributed by atoms with Crippen LogP contribution >= 0.6 is 0 Å². The van der Waals surface area contributed by atoms with Gasteiger partial charge in [0.2, 0.25) is 5.91 Å². The third-order valence-corrected chi connectivity index (χ3v) is 9.51. The van der Waals surface area contributed by atoms with Gasteiger partial charge in [0.05, 0.1) is 37.2 Å². The molecule has 246 valence electrons. The summed E-state index contributed by atoms with van der Waals surface area (Å²) >= 11 is 0. The van der Waals surface area contributed by atoms with Gasteiger partial charge in [0, 0.05) is 24.4 Å². The summed E-state index contributed by atoms with van der Waals surface area (Å²) in [4.78, 5) is 9.35. The van der Waals surface area contributed by atoms with Gasteiger partial charge >= 0.3 is 10.4 Å². The van der Waals surface area contributed by atoms with Crippen LogP contribution in [-0.2, 0) is 49.5 Å². The van der Waals surface area contributed by atoms with Crippen molar-refractivity contribution in [3.05, 3.63) is 30.3 Å². The smallest absolute Gasteiger partial charge is 0.397 e. The molecule has 0 aromatic heterocycles. The Balaban J connectivity index is 2.27. The van der Waals surface area contributed by atoms with E-state index in [0.717, 1.165) is 45.4 Å². The number of ether oxygens (including phenoxy) is 2. The molecule has 0 saturated heterocycles. The molecule has 0 spiro atoms. The number of phenolic OH excluding ortho intramolecular Hbond substituents is 1. The van der Waals surface area contributed by atoms with Gasteiger partial charge in [-0.3, -0.25) is 18.5 Å². The molecule has 23 heteroatoms. The summed E-state index contributed by atoms with van der Waals surface area (Å²) in [5, 5.41) is 20.0. The lowest BCUT2D eigenvalue weighted by atomic mass is 10.1. The topological polar surface area (TPSA) is 299 Å². The van der Waals surface area contributed by atoms with Crippen molar-refractivity contribution in [2.75, 3.05) is 31.9 Å². The number of nitrogens with one attached hydrogen (secondary N) is 1. The third-order valence-electron chi connectivity index (χ3n) is 5.65. The fourth-order valence-corrected chi connectivity index (χ4v) is 6.69. The summed E-state index contributed by atoms with van der Waals surface area (Å²) in [5.41, 5.74) is -1.65. The quantitative estimate of drug-likeness (QED) is 0.132. The number of aromatic hydroxyl groups is 1. The van der Waals surface area contributed by atoms with Crippen molar-refractivity contribution in [3.63, 3.8) is 0 Å². The molecule has 0 fully saturated rings. The summed E-state index contributed by atoms with van der Waals surface area (Å²) in [5.74, 6) is -3.44. The average molecular weight is 714 g/mol. The maximum Gasteiger partial charge on any atom is 0.397 e. The molecule has 0 atom stereocenters. The molecule has 5 N–H and O–H groups in total. The SMILES string of the molecule is COc1cc(S(=O)(=O)CCOS(=O)(=O)O)c(OC)cc1N=Nc1c(S(=O)(=O)O)cc2cc(S(=O)(=O)O)cc(NC(C)=O)c2c1O. The van der Waals surface area contributed by atoms with Crippen LogP contribution in [0.3, 0.4) is 0 Å². The van der Waals surface area contributed by atoms with Gasteiger partial charge in [-0.05, 0) is 23.6 Å². The van der Waals surface area contributed by atoms with Crippen molar-refractivity contribution < 1.29 is 70.9 Å². The molecule has 3 aromatic rings. The first-order valence-electron chi connectivity index (χ1n) is 11.7. The number of benzene rings is 3. The van der Waals surface area contributed by atoms with E-state index in [9.17, 15) is 52.7 Å². The molecule has 0 heterocycles. The number of azo groups is 1. The van der Waals surface area contributed by atoms with Crippen LogP contribution in [0.1, 0.15) is 6.92 Å². The molecule has 3 rings (SSSR count). The van der Waals surface area contributed by atoms with Gasteiger partial charge in [0.1, 0.15) is 32.7 Å². The predicted octanol–water partition coefficient (Wildman–Crippen LogP) is 2.02. The largest absolute Gasteiger partial charge is 0.505 e. The Kier molecular flexibility index (Phi) is 10.1. The summed E-state index contributed by atoms with van der Waals surface area (Å²) in [7, 11) is -17.3. The Labute approximate surface area is 255 Å². The fraction of sp³-hybridized carbons (Fsp3) is 0.227. The first kappa shape index (κ1) is 35.5. The first-order valence-corrected chi connectivity index (χ1v) is 17.6. The normalized spacial score (nSPS) is 12.8. The molecule has 3 aromatic carbocycles. The Morgan fingerprint density at radius 3 is 1.96 bits per heavy atom.